The third-order valence-electron chi connectivity index (χ3n) is 3.30. The zero-order valence-electron chi connectivity index (χ0n) is 9.82. The quantitative estimate of drug-likeness (QED) is 0.665. The Balaban J connectivity index is 2.20. The van der Waals surface area contributed by atoms with E-state index in [2.05, 4.69) is 15.9 Å². The summed E-state index contributed by atoms with van der Waals surface area (Å²) in [4.78, 5) is 0.797. The topological polar surface area (TPSA) is 43.1 Å². The molecule has 1 fully saturated rings. The first-order valence-corrected chi connectivity index (χ1v) is 8.14. The Hall–Kier alpha value is -0.350. The predicted molar refractivity (Wildman–Crippen MR) is 76.5 cm³/mol. The summed E-state index contributed by atoms with van der Waals surface area (Å²) in [5, 5.41) is 0.286. The van der Waals surface area contributed by atoms with Gasteiger partial charge in [-0.15, -0.1) is 0 Å². The highest BCUT2D eigenvalue weighted by molar-refractivity contribution is 9.10. The lowest BCUT2D eigenvalue weighted by molar-refractivity contribution is 0.642. The van der Waals surface area contributed by atoms with Gasteiger partial charge in [0.15, 0.2) is 0 Å². The third-order valence-corrected chi connectivity index (χ3v) is 5.65. The van der Waals surface area contributed by atoms with Crippen LogP contribution in [0.5, 0.6) is 0 Å². The van der Waals surface area contributed by atoms with E-state index in [0.717, 1.165) is 22.2 Å². The summed E-state index contributed by atoms with van der Waals surface area (Å²) >= 11 is 3.41. The van der Waals surface area contributed by atoms with Crippen LogP contribution >= 0.6 is 15.9 Å². The van der Waals surface area contributed by atoms with Crippen molar-refractivity contribution in [3.8, 4) is 0 Å². The number of hydrogen-bond acceptors (Lipinski definition) is 2. The van der Waals surface area contributed by atoms with Gasteiger partial charge in [0.25, 0.3) is 0 Å². The molecule has 1 aliphatic rings. The number of hydrogen-bond donors (Lipinski definition) is 1. The molecule has 94 valence electrons. The first-order chi connectivity index (χ1) is 8.18. The number of anilines is 1. The molecule has 1 saturated carbocycles. The lowest BCUT2D eigenvalue weighted by Crippen LogP contribution is -2.15. The molecule has 0 aromatic heterocycles. The second kappa shape index (κ2) is 6.01. The number of nitrogens with two attached hydrogens (primary N) is 1. The fourth-order valence-corrected chi connectivity index (χ4v) is 4.49. The molecule has 0 saturated heterocycles. The lowest BCUT2D eigenvalue weighted by Gasteiger charge is -2.15. The molecular formula is C13H18BrNOS. The van der Waals surface area contributed by atoms with Gasteiger partial charge in [0.1, 0.15) is 0 Å². The normalized spacial score (nSPS) is 19.8. The minimum Gasteiger partial charge on any atom is -0.398 e. The molecule has 2 N–H and O–H groups in total. The van der Waals surface area contributed by atoms with E-state index in [-0.39, 0.29) is 5.25 Å². The van der Waals surface area contributed by atoms with Crippen molar-refractivity contribution >= 4 is 32.4 Å². The van der Waals surface area contributed by atoms with Gasteiger partial charge in [0.05, 0.1) is 15.7 Å². The number of benzene rings is 1. The van der Waals surface area contributed by atoms with Gasteiger partial charge in [-0.3, -0.25) is 4.21 Å². The van der Waals surface area contributed by atoms with Crippen LogP contribution in [0.2, 0.25) is 0 Å². The smallest absolute Gasteiger partial charge is 0.0631 e. The Kier molecular flexibility index (Phi) is 4.62. The molecule has 0 heterocycles. The van der Waals surface area contributed by atoms with Gasteiger partial charge in [-0.05, 0) is 31.0 Å². The monoisotopic (exact) mass is 315 g/mol. The van der Waals surface area contributed by atoms with E-state index < -0.39 is 10.8 Å². The van der Waals surface area contributed by atoms with Crippen LogP contribution in [-0.2, 0) is 10.8 Å². The highest BCUT2D eigenvalue weighted by atomic mass is 79.9. The minimum atomic E-state index is -0.958. The zero-order valence-corrected chi connectivity index (χ0v) is 12.2. The molecule has 0 bridgehead atoms. The van der Waals surface area contributed by atoms with Gasteiger partial charge in [0.2, 0.25) is 0 Å². The number of nitrogen functional groups attached to an aromatic ring is 1. The standard InChI is InChI=1S/C13H18BrNOS/c14-10-7-8-12(15)13(9-10)17(16)11-5-3-1-2-4-6-11/h7-9,11H,1-6,15H2. The highest BCUT2D eigenvalue weighted by Crippen LogP contribution is 2.29. The summed E-state index contributed by atoms with van der Waals surface area (Å²) in [5.41, 5.74) is 6.57. The zero-order chi connectivity index (χ0) is 12.3. The fourth-order valence-electron chi connectivity index (χ4n) is 2.32. The van der Waals surface area contributed by atoms with Gasteiger partial charge in [-0.2, -0.15) is 0 Å². The maximum absolute atomic E-state index is 12.5. The maximum atomic E-state index is 12.5. The van der Waals surface area contributed by atoms with E-state index in [1.165, 1.54) is 25.7 Å². The second-order valence-electron chi connectivity index (χ2n) is 4.59. The molecule has 2 rings (SSSR count). The van der Waals surface area contributed by atoms with Crippen LogP contribution in [0.1, 0.15) is 38.5 Å². The average Bonchev–Trinajstić information content (AvgIpc) is 2.60. The number of rotatable bonds is 2. The molecule has 1 unspecified atom stereocenters. The Labute approximate surface area is 114 Å². The Morgan fingerprint density at radius 3 is 2.47 bits per heavy atom. The summed E-state index contributed by atoms with van der Waals surface area (Å²) in [6.07, 6.45) is 7.09. The molecule has 1 aromatic rings. The van der Waals surface area contributed by atoms with E-state index >= 15 is 0 Å². The van der Waals surface area contributed by atoms with Crippen molar-refractivity contribution in [3.05, 3.63) is 22.7 Å². The Morgan fingerprint density at radius 1 is 1.18 bits per heavy atom. The second-order valence-corrected chi connectivity index (χ2v) is 7.21. The predicted octanol–water partition coefficient (Wildman–Crippen LogP) is 3.86. The minimum absolute atomic E-state index is 0.286. The summed E-state index contributed by atoms with van der Waals surface area (Å²) in [5.74, 6) is 0. The largest absolute Gasteiger partial charge is 0.398 e. The molecule has 0 radical (unpaired) electrons. The highest BCUT2D eigenvalue weighted by Gasteiger charge is 2.21. The molecule has 1 atom stereocenters. The van der Waals surface area contributed by atoms with Crippen molar-refractivity contribution in [2.45, 2.75) is 48.7 Å². The molecule has 1 aromatic carbocycles. The van der Waals surface area contributed by atoms with Gasteiger partial charge in [-0.25, -0.2) is 0 Å². The molecular weight excluding hydrogens is 298 g/mol. The van der Waals surface area contributed by atoms with Gasteiger partial charge in [0, 0.05) is 15.4 Å². The van der Waals surface area contributed by atoms with Crippen LogP contribution in [0.15, 0.2) is 27.6 Å². The number of halogens is 1. The van der Waals surface area contributed by atoms with E-state index in [9.17, 15) is 4.21 Å². The van der Waals surface area contributed by atoms with Crippen molar-refractivity contribution < 1.29 is 4.21 Å². The average molecular weight is 316 g/mol. The summed E-state index contributed by atoms with van der Waals surface area (Å²) in [7, 11) is -0.958. The van der Waals surface area contributed by atoms with Gasteiger partial charge >= 0.3 is 0 Å². The molecule has 17 heavy (non-hydrogen) atoms. The lowest BCUT2D eigenvalue weighted by atomic mass is 10.2. The van der Waals surface area contributed by atoms with E-state index in [4.69, 9.17) is 5.73 Å². The maximum Gasteiger partial charge on any atom is 0.0631 e. The first kappa shape index (κ1) is 13.1. The molecule has 2 nitrogen and oxygen atoms in total. The van der Waals surface area contributed by atoms with Crippen molar-refractivity contribution in [1.29, 1.82) is 0 Å². The SMILES string of the molecule is Nc1ccc(Br)cc1S(=O)C1CCCCCC1. The molecule has 4 heteroatoms. The van der Waals surface area contributed by atoms with Crippen LogP contribution in [0.4, 0.5) is 5.69 Å². The van der Waals surface area contributed by atoms with Crippen molar-refractivity contribution in [3.63, 3.8) is 0 Å². The van der Waals surface area contributed by atoms with Crippen molar-refractivity contribution in [2.75, 3.05) is 5.73 Å². The molecule has 0 aliphatic heterocycles. The van der Waals surface area contributed by atoms with Crippen LogP contribution in [0.3, 0.4) is 0 Å². The van der Waals surface area contributed by atoms with Crippen LogP contribution in [0, 0.1) is 0 Å². The molecule has 1 aliphatic carbocycles. The summed E-state index contributed by atoms with van der Waals surface area (Å²) in [6.45, 7) is 0. The van der Waals surface area contributed by atoms with E-state index in [1.54, 1.807) is 0 Å². The van der Waals surface area contributed by atoms with E-state index in [0.29, 0.717) is 5.69 Å². The molecule has 0 spiro atoms. The van der Waals surface area contributed by atoms with Crippen molar-refractivity contribution in [1.82, 2.24) is 0 Å². The summed E-state index contributed by atoms with van der Waals surface area (Å²) < 4.78 is 13.5. The van der Waals surface area contributed by atoms with Gasteiger partial charge in [-0.1, -0.05) is 41.6 Å². The van der Waals surface area contributed by atoms with Gasteiger partial charge < -0.3 is 5.73 Å². The Bertz CT molecular complexity index is 414. The fraction of sp³-hybridized carbons (Fsp3) is 0.538. The first-order valence-electron chi connectivity index (χ1n) is 6.14. The van der Waals surface area contributed by atoms with Crippen LogP contribution < -0.4 is 5.73 Å². The van der Waals surface area contributed by atoms with Crippen LogP contribution in [0.25, 0.3) is 0 Å². The van der Waals surface area contributed by atoms with Crippen molar-refractivity contribution in [2.24, 2.45) is 0 Å². The Morgan fingerprint density at radius 2 is 1.82 bits per heavy atom. The third kappa shape index (κ3) is 3.32. The molecule has 0 amide bonds. The summed E-state index contributed by atoms with van der Waals surface area (Å²) in [6, 6.07) is 5.62. The van der Waals surface area contributed by atoms with Crippen LogP contribution in [-0.4, -0.2) is 9.46 Å². The van der Waals surface area contributed by atoms with E-state index in [1.807, 2.05) is 18.2 Å².